The summed E-state index contributed by atoms with van der Waals surface area (Å²) in [6, 6.07) is 0. The minimum atomic E-state index is 0.916. The molecule has 1 aromatic rings. The highest BCUT2D eigenvalue weighted by Gasteiger charge is 2.27. The molecule has 3 heteroatoms. The molecule has 2 aliphatic rings. The van der Waals surface area contributed by atoms with Crippen molar-refractivity contribution >= 4 is 17.0 Å². The fourth-order valence-electron chi connectivity index (χ4n) is 2.58. The van der Waals surface area contributed by atoms with E-state index in [1.54, 1.807) is 10.4 Å². The first kappa shape index (κ1) is 8.48. The molecule has 74 valence electrons. The van der Waals surface area contributed by atoms with Crippen LogP contribution in [0.25, 0.3) is 0 Å². The van der Waals surface area contributed by atoms with Crippen molar-refractivity contribution in [2.45, 2.75) is 38.5 Å². The summed E-state index contributed by atoms with van der Waals surface area (Å²) >= 11 is 1.87. The van der Waals surface area contributed by atoms with Crippen LogP contribution < -0.4 is 0 Å². The predicted octanol–water partition coefficient (Wildman–Crippen LogP) is 2.75. The lowest BCUT2D eigenvalue weighted by atomic mass is 9.95. The lowest BCUT2D eigenvalue weighted by Crippen LogP contribution is -2.00. The van der Waals surface area contributed by atoms with E-state index in [9.17, 15) is 0 Å². The van der Waals surface area contributed by atoms with Crippen molar-refractivity contribution in [1.29, 1.82) is 0 Å². The molecule has 0 amide bonds. The number of nitrogens with zero attached hydrogens (tertiary/aromatic N) is 1. The third kappa shape index (κ3) is 1.05. The molecular formula is C11H13NOS. The van der Waals surface area contributed by atoms with E-state index in [2.05, 4.69) is 5.16 Å². The average Bonchev–Trinajstić information content (AvgIpc) is 2.75. The largest absolute Gasteiger partial charge is 0.411 e. The molecule has 3 rings (SSSR count). The summed E-state index contributed by atoms with van der Waals surface area (Å²) in [5.74, 6) is 0. The Morgan fingerprint density at radius 3 is 2.71 bits per heavy atom. The first-order valence-electron chi connectivity index (χ1n) is 5.25. The van der Waals surface area contributed by atoms with Crippen molar-refractivity contribution < 1.29 is 5.21 Å². The number of rotatable bonds is 0. The van der Waals surface area contributed by atoms with Gasteiger partial charge in [0.25, 0.3) is 0 Å². The Morgan fingerprint density at radius 1 is 1.00 bits per heavy atom. The number of aryl methyl sites for hydroxylation is 1. The molecule has 0 unspecified atom stereocenters. The lowest BCUT2D eigenvalue weighted by molar-refractivity contribution is 0.318. The van der Waals surface area contributed by atoms with Crippen LogP contribution in [-0.2, 0) is 19.3 Å². The fraction of sp³-hybridized carbons (Fsp3) is 0.545. The van der Waals surface area contributed by atoms with Crippen molar-refractivity contribution in [3.63, 3.8) is 0 Å². The molecule has 0 saturated heterocycles. The summed E-state index contributed by atoms with van der Waals surface area (Å²) in [5.41, 5.74) is 4.01. The van der Waals surface area contributed by atoms with Crippen LogP contribution in [0.15, 0.2) is 5.16 Å². The van der Waals surface area contributed by atoms with Gasteiger partial charge >= 0.3 is 0 Å². The molecule has 2 nitrogen and oxygen atoms in total. The molecule has 0 saturated carbocycles. The third-order valence-corrected chi connectivity index (χ3v) is 4.66. The number of oxime groups is 1. The number of fused-ring (bicyclic) bond motifs is 3. The van der Waals surface area contributed by atoms with Crippen LogP contribution in [0.2, 0.25) is 0 Å². The van der Waals surface area contributed by atoms with E-state index in [0.29, 0.717) is 0 Å². The van der Waals surface area contributed by atoms with Crippen LogP contribution in [0.5, 0.6) is 0 Å². The Morgan fingerprint density at radius 2 is 1.86 bits per heavy atom. The lowest BCUT2D eigenvalue weighted by Gasteiger charge is -2.11. The zero-order chi connectivity index (χ0) is 9.54. The molecule has 2 aliphatic carbocycles. The van der Waals surface area contributed by atoms with Gasteiger partial charge in [0.05, 0.1) is 10.6 Å². The number of thiophene rings is 1. The monoisotopic (exact) mass is 207 g/mol. The van der Waals surface area contributed by atoms with Gasteiger partial charge in [-0.2, -0.15) is 0 Å². The van der Waals surface area contributed by atoms with Gasteiger partial charge in [-0.1, -0.05) is 5.16 Å². The van der Waals surface area contributed by atoms with Crippen LogP contribution in [0, 0.1) is 0 Å². The van der Waals surface area contributed by atoms with E-state index in [4.69, 9.17) is 5.21 Å². The highest BCUT2D eigenvalue weighted by Crippen LogP contribution is 2.39. The third-order valence-electron chi connectivity index (χ3n) is 3.28. The molecule has 0 aliphatic heterocycles. The molecular weight excluding hydrogens is 194 g/mol. The standard InChI is InChI=1S/C11H13NOS/c13-12-9-6-5-8-7-3-1-2-4-10(7)14-11(8)9/h13H,1-6H2/b12-9+. The molecule has 1 heterocycles. The van der Waals surface area contributed by atoms with Gasteiger partial charge in [-0.25, -0.2) is 0 Å². The molecule has 1 N–H and O–H groups in total. The highest BCUT2D eigenvalue weighted by atomic mass is 32.1. The van der Waals surface area contributed by atoms with Crippen molar-refractivity contribution in [1.82, 2.24) is 0 Å². The average molecular weight is 207 g/mol. The van der Waals surface area contributed by atoms with Crippen LogP contribution in [0.1, 0.15) is 40.1 Å². The van der Waals surface area contributed by atoms with Crippen LogP contribution >= 0.6 is 11.3 Å². The summed E-state index contributed by atoms with van der Waals surface area (Å²) < 4.78 is 0. The normalized spacial score (nSPS) is 22.4. The predicted molar refractivity (Wildman–Crippen MR) is 57.6 cm³/mol. The first-order chi connectivity index (χ1) is 6.90. The van der Waals surface area contributed by atoms with Crippen molar-refractivity contribution in [2.24, 2.45) is 5.16 Å². The first-order valence-corrected chi connectivity index (χ1v) is 6.06. The van der Waals surface area contributed by atoms with E-state index in [1.165, 1.54) is 36.1 Å². The fourth-order valence-corrected chi connectivity index (χ4v) is 4.03. The number of hydrogen-bond acceptors (Lipinski definition) is 3. The van der Waals surface area contributed by atoms with Gasteiger partial charge in [0.15, 0.2) is 0 Å². The van der Waals surface area contributed by atoms with E-state index >= 15 is 0 Å². The molecule has 14 heavy (non-hydrogen) atoms. The van der Waals surface area contributed by atoms with Crippen LogP contribution in [0.4, 0.5) is 0 Å². The topological polar surface area (TPSA) is 32.6 Å². The quantitative estimate of drug-likeness (QED) is 0.515. The van der Waals surface area contributed by atoms with Gasteiger partial charge in [0, 0.05) is 4.88 Å². The van der Waals surface area contributed by atoms with Gasteiger partial charge in [0.2, 0.25) is 0 Å². The molecule has 0 spiro atoms. The van der Waals surface area contributed by atoms with Gasteiger partial charge in [0.1, 0.15) is 0 Å². The maximum atomic E-state index is 8.87. The Kier molecular flexibility index (Phi) is 1.87. The van der Waals surface area contributed by atoms with E-state index in [0.717, 1.165) is 18.6 Å². The second-order valence-corrected chi connectivity index (χ2v) is 5.17. The van der Waals surface area contributed by atoms with Crippen molar-refractivity contribution in [2.75, 3.05) is 0 Å². The van der Waals surface area contributed by atoms with E-state index in [1.807, 2.05) is 11.3 Å². The molecule has 0 fully saturated rings. The maximum absolute atomic E-state index is 8.87. The van der Waals surface area contributed by atoms with E-state index < -0.39 is 0 Å². The molecule has 0 atom stereocenters. The molecule has 0 aromatic carbocycles. The number of hydrogen-bond donors (Lipinski definition) is 1. The zero-order valence-corrected chi connectivity index (χ0v) is 8.86. The highest BCUT2D eigenvalue weighted by molar-refractivity contribution is 7.14. The second-order valence-electron chi connectivity index (χ2n) is 4.07. The summed E-state index contributed by atoms with van der Waals surface area (Å²) in [7, 11) is 0. The van der Waals surface area contributed by atoms with Gasteiger partial charge in [-0.3, -0.25) is 0 Å². The van der Waals surface area contributed by atoms with Gasteiger partial charge < -0.3 is 5.21 Å². The van der Waals surface area contributed by atoms with Crippen molar-refractivity contribution in [3.8, 4) is 0 Å². The maximum Gasteiger partial charge on any atom is 0.0973 e. The van der Waals surface area contributed by atoms with Gasteiger partial charge in [-0.05, 0) is 49.7 Å². The SMILES string of the molecule is O/N=C1\CCc2c1sc1c2CCCC1. The molecule has 0 bridgehead atoms. The molecule has 0 radical (unpaired) electrons. The molecule has 1 aromatic heterocycles. The Bertz CT molecular complexity index is 406. The Labute approximate surface area is 87.3 Å². The second kappa shape index (κ2) is 3.09. The smallest absolute Gasteiger partial charge is 0.0973 e. The summed E-state index contributed by atoms with van der Waals surface area (Å²) in [5, 5.41) is 12.3. The Hall–Kier alpha value is -0.830. The van der Waals surface area contributed by atoms with Crippen molar-refractivity contribution in [3.05, 3.63) is 20.9 Å². The minimum Gasteiger partial charge on any atom is -0.411 e. The summed E-state index contributed by atoms with van der Waals surface area (Å²) in [6.45, 7) is 0. The zero-order valence-electron chi connectivity index (χ0n) is 8.05. The Balaban J connectivity index is 2.15. The summed E-state index contributed by atoms with van der Waals surface area (Å²) in [4.78, 5) is 2.83. The van der Waals surface area contributed by atoms with E-state index in [-0.39, 0.29) is 0 Å². The minimum absolute atomic E-state index is 0.916. The van der Waals surface area contributed by atoms with Crippen LogP contribution in [-0.4, -0.2) is 10.9 Å². The van der Waals surface area contributed by atoms with Crippen LogP contribution in [0.3, 0.4) is 0 Å². The van der Waals surface area contributed by atoms with Gasteiger partial charge in [-0.15, -0.1) is 11.3 Å². The summed E-state index contributed by atoms with van der Waals surface area (Å²) in [6.07, 6.45) is 7.19.